The van der Waals surface area contributed by atoms with Crippen molar-refractivity contribution in [2.45, 2.75) is 57.5 Å². The average Bonchev–Trinajstić information content (AvgIpc) is 3.21. The summed E-state index contributed by atoms with van der Waals surface area (Å²) in [4.78, 5) is 30.6. The van der Waals surface area contributed by atoms with Crippen LogP contribution in [0.3, 0.4) is 0 Å². The van der Waals surface area contributed by atoms with Crippen LogP contribution in [0.4, 0.5) is 5.82 Å². The normalized spacial score (nSPS) is 22.4. The number of nitrogens with zero attached hydrogens (tertiary/aromatic N) is 5. The number of carbonyl (C=O) groups excluding carboxylic acids is 2. The molecule has 1 saturated carbocycles. The highest BCUT2D eigenvalue weighted by atomic mass is 16.2. The first-order valence-corrected chi connectivity index (χ1v) is 9.90. The first kappa shape index (κ1) is 17.2. The third-order valence-corrected chi connectivity index (χ3v) is 5.85. The highest BCUT2D eigenvalue weighted by Crippen LogP contribution is 2.25. The number of hydrogen-bond donors (Lipinski definition) is 0. The van der Waals surface area contributed by atoms with Crippen LogP contribution in [0.25, 0.3) is 0 Å². The van der Waals surface area contributed by atoms with Gasteiger partial charge in [0.15, 0.2) is 5.82 Å². The number of rotatable bonds is 4. The predicted octanol–water partition coefficient (Wildman–Crippen LogP) is 1.58. The molecule has 7 nitrogen and oxygen atoms in total. The Balaban J connectivity index is 1.36. The second-order valence-electron chi connectivity index (χ2n) is 7.59. The molecular formula is C19H27N5O2. The van der Waals surface area contributed by atoms with Crippen molar-refractivity contribution in [2.24, 2.45) is 0 Å². The molecule has 2 saturated heterocycles. The molecule has 0 N–H and O–H groups in total. The van der Waals surface area contributed by atoms with E-state index in [4.69, 9.17) is 0 Å². The van der Waals surface area contributed by atoms with E-state index in [2.05, 4.69) is 15.1 Å². The molecule has 0 unspecified atom stereocenters. The van der Waals surface area contributed by atoms with Crippen molar-refractivity contribution in [3.63, 3.8) is 0 Å². The van der Waals surface area contributed by atoms with Gasteiger partial charge in [-0.1, -0.05) is 12.8 Å². The molecule has 0 spiro atoms. The first-order valence-electron chi connectivity index (χ1n) is 9.90. The van der Waals surface area contributed by atoms with Crippen LogP contribution in [-0.4, -0.2) is 64.0 Å². The minimum Gasteiger partial charge on any atom is -0.355 e. The van der Waals surface area contributed by atoms with E-state index in [1.54, 1.807) is 9.80 Å². The van der Waals surface area contributed by atoms with Crippen molar-refractivity contribution >= 4 is 17.6 Å². The molecule has 2 aliphatic heterocycles. The highest BCUT2D eigenvalue weighted by molar-refractivity contribution is 6.35. The van der Waals surface area contributed by atoms with Gasteiger partial charge in [0.1, 0.15) is 0 Å². The van der Waals surface area contributed by atoms with Crippen LogP contribution in [0.15, 0.2) is 12.1 Å². The fraction of sp³-hybridized carbons (Fsp3) is 0.684. The zero-order valence-corrected chi connectivity index (χ0v) is 15.3. The summed E-state index contributed by atoms with van der Waals surface area (Å²) in [5.41, 5.74) is 0.737. The summed E-state index contributed by atoms with van der Waals surface area (Å²) in [7, 11) is 0. The lowest BCUT2D eigenvalue weighted by Gasteiger charge is -2.37. The van der Waals surface area contributed by atoms with Gasteiger partial charge in [0.05, 0.1) is 12.2 Å². The minimum absolute atomic E-state index is 0.261. The van der Waals surface area contributed by atoms with Gasteiger partial charge in [-0.05, 0) is 44.2 Å². The second-order valence-corrected chi connectivity index (χ2v) is 7.59. The number of carbonyl (C=O) groups is 2. The monoisotopic (exact) mass is 357 g/mol. The van der Waals surface area contributed by atoms with Gasteiger partial charge in [-0.2, -0.15) is 5.10 Å². The lowest BCUT2D eigenvalue weighted by atomic mass is 10.1. The Bertz CT molecular complexity index is 650. The van der Waals surface area contributed by atoms with E-state index in [0.29, 0.717) is 19.6 Å². The van der Waals surface area contributed by atoms with E-state index in [1.807, 2.05) is 12.1 Å². The first-order chi connectivity index (χ1) is 12.7. The van der Waals surface area contributed by atoms with Crippen molar-refractivity contribution in [1.82, 2.24) is 20.0 Å². The lowest BCUT2D eigenvalue weighted by Crippen LogP contribution is -2.56. The molecule has 26 heavy (non-hydrogen) atoms. The fourth-order valence-electron chi connectivity index (χ4n) is 4.33. The largest absolute Gasteiger partial charge is 0.355 e. The maximum Gasteiger partial charge on any atom is 0.312 e. The quantitative estimate of drug-likeness (QED) is 0.765. The van der Waals surface area contributed by atoms with Crippen molar-refractivity contribution < 1.29 is 9.59 Å². The molecule has 0 radical (unpaired) electrons. The molecule has 3 fully saturated rings. The molecule has 0 bridgehead atoms. The van der Waals surface area contributed by atoms with Crippen molar-refractivity contribution in [3.05, 3.63) is 17.8 Å². The summed E-state index contributed by atoms with van der Waals surface area (Å²) < 4.78 is 0. The molecule has 2 amide bonds. The smallest absolute Gasteiger partial charge is 0.312 e. The molecule has 1 aromatic heterocycles. The topological polar surface area (TPSA) is 69.6 Å². The van der Waals surface area contributed by atoms with Gasteiger partial charge in [0.2, 0.25) is 0 Å². The number of amides is 2. The predicted molar refractivity (Wildman–Crippen MR) is 97.5 cm³/mol. The van der Waals surface area contributed by atoms with E-state index in [9.17, 15) is 9.59 Å². The second kappa shape index (κ2) is 7.60. The number of hydrogen-bond acceptors (Lipinski definition) is 5. The van der Waals surface area contributed by atoms with Gasteiger partial charge >= 0.3 is 11.8 Å². The summed E-state index contributed by atoms with van der Waals surface area (Å²) in [6.45, 7) is 3.63. The van der Waals surface area contributed by atoms with Crippen LogP contribution in [0.1, 0.15) is 50.6 Å². The molecule has 3 aliphatic rings. The van der Waals surface area contributed by atoms with Gasteiger partial charge in [0, 0.05) is 32.2 Å². The van der Waals surface area contributed by atoms with E-state index in [1.165, 1.54) is 19.3 Å². The average molecular weight is 357 g/mol. The van der Waals surface area contributed by atoms with Gasteiger partial charge in [-0.3, -0.25) is 9.59 Å². The van der Waals surface area contributed by atoms with Crippen molar-refractivity contribution in [1.29, 1.82) is 0 Å². The zero-order valence-electron chi connectivity index (χ0n) is 15.3. The number of piperazine rings is 1. The van der Waals surface area contributed by atoms with E-state index in [-0.39, 0.29) is 11.9 Å². The van der Waals surface area contributed by atoms with Crippen LogP contribution in [0, 0.1) is 0 Å². The molecule has 140 valence electrons. The van der Waals surface area contributed by atoms with Crippen molar-refractivity contribution in [2.75, 3.05) is 31.1 Å². The summed E-state index contributed by atoms with van der Waals surface area (Å²) in [5, 5.41) is 8.63. The highest BCUT2D eigenvalue weighted by Gasteiger charge is 2.37. The van der Waals surface area contributed by atoms with Gasteiger partial charge in [0.25, 0.3) is 0 Å². The van der Waals surface area contributed by atoms with Crippen LogP contribution >= 0.6 is 0 Å². The molecule has 0 atom stereocenters. The molecule has 3 heterocycles. The maximum atomic E-state index is 12.5. The summed E-state index contributed by atoms with van der Waals surface area (Å²) in [6.07, 6.45) is 8.06. The molecule has 7 heteroatoms. The summed E-state index contributed by atoms with van der Waals surface area (Å²) >= 11 is 0. The van der Waals surface area contributed by atoms with E-state index in [0.717, 1.165) is 50.3 Å². The number of piperidine rings is 1. The Morgan fingerprint density at radius 1 is 0.846 bits per heavy atom. The zero-order chi connectivity index (χ0) is 17.9. The minimum atomic E-state index is -0.398. The Morgan fingerprint density at radius 3 is 2.31 bits per heavy atom. The standard InChI is InChI=1S/C19H27N5O2/c25-18-19(26)24(16-6-2-3-7-16)13-12-23(18)14-15-8-9-17(21-20-15)22-10-4-1-5-11-22/h8-9,16H,1-7,10-14H2. The molecule has 4 rings (SSSR count). The third-order valence-electron chi connectivity index (χ3n) is 5.85. The maximum absolute atomic E-state index is 12.5. The molecule has 0 aromatic carbocycles. The molecule has 1 aromatic rings. The van der Waals surface area contributed by atoms with Crippen LogP contribution in [0.5, 0.6) is 0 Å². The fourth-order valence-corrected chi connectivity index (χ4v) is 4.33. The van der Waals surface area contributed by atoms with E-state index >= 15 is 0 Å². The van der Waals surface area contributed by atoms with Gasteiger partial charge < -0.3 is 14.7 Å². The Hall–Kier alpha value is -2.18. The van der Waals surface area contributed by atoms with Crippen LogP contribution in [0.2, 0.25) is 0 Å². The molecule has 1 aliphatic carbocycles. The van der Waals surface area contributed by atoms with Gasteiger partial charge in [-0.25, -0.2) is 0 Å². The Labute approximate surface area is 154 Å². The SMILES string of the molecule is O=C1C(=O)N(C2CCCC2)CCN1Cc1ccc(N2CCCCC2)nn1. The number of aromatic nitrogens is 2. The van der Waals surface area contributed by atoms with Gasteiger partial charge in [-0.15, -0.1) is 5.10 Å². The summed E-state index contributed by atoms with van der Waals surface area (Å²) in [5.74, 6) is 0.160. The number of anilines is 1. The Kier molecular flexibility index (Phi) is 5.04. The Morgan fingerprint density at radius 2 is 1.62 bits per heavy atom. The van der Waals surface area contributed by atoms with Crippen LogP contribution < -0.4 is 4.90 Å². The molecular weight excluding hydrogens is 330 g/mol. The summed E-state index contributed by atoms with van der Waals surface area (Å²) in [6, 6.07) is 4.17. The van der Waals surface area contributed by atoms with Crippen LogP contribution in [-0.2, 0) is 16.1 Å². The van der Waals surface area contributed by atoms with E-state index < -0.39 is 5.91 Å². The lowest BCUT2D eigenvalue weighted by molar-refractivity contribution is -0.158. The van der Waals surface area contributed by atoms with Crippen molar-refractivity contribution in [3.8, 4) is 0 Å². The third kappa shape index (κ3) is 3.52.